The van der Waals surface area contributed by atoms with Gasteiger partial charge < -0.3 is 14.2 Å². The van der Waals surface area contributed by atoms with E-state index < -0.39 is 23.9 Å². The van der Waals surface area contributed by atoms with Crippen molar-refractivity contribution in [3.05, 3.63) is 71.8 Å². The number of ether oxygens (including phenoxy) is 3. The molecule has 2 aromatic carbocycles. The summed E-state index contributed by atoms with van der Waals surface area (Å²) in [6.45, 7) is 3.17. The average Bonchev–Trinajstić information content (AvgIpc) is 3.06. The van der Waals surface area contributed by atoms with Gasteiger partial charge in [0.2, 0.25) is 11.8 Å². The SMILES string of the molecule is CC(=O)OC1NO[C@@](COCc2ccccc2)(C(C)=O)C1OCc1ccccc1. The molecule has 0 amide bonds. The zero-order valence-electron chi connectivity index (χ0n) is 16.5. The van der Waals surface area contributed by atoms with Crippen LogP contribution in [0.1, 0.15) is 25.0 Å². The summed E-state index contributed by atoms with van der Waals surface area (Å²) in [5.74, 6) is -0.797. The van der Waals surface area contributed by atoms with Crippen LogP contribution in [0.5, 0.6) is 0 Å². The molecule has 0 spiro atoms. The molecule has 1 heterocycles. The number of rotatable bonds is 9. The number of benzene rings is 2. The summed E-state index contributed by atoms with van der Waals surface area (Å²) in [5, 5.41) is 0. The second kappa shape index (κ2) is 9.76. The van der Waals surface area contributed by atoms with Gasteiger partial charge in [-0.3, -0.25) is 14.4 Å². The maximum absolute atomic E-state index is 12.6. The summed E-state index contributed by atoms with van der Waals surface area (Å²) in [7, 11) is 0. The lowest BCUT2D eigenvalue weighted by Crippen LogP contribution is -2.54. The first-order valence-corrected chi connectivity index (χ1v) is 9.40. The van der Waals surface area contributed by atoms with Crippen LogP contribution in [-0.4, -0.2) is 36.3 Å². The molecule has 1 aliphatic heterocycles. The Balaban J connectivity index is 1.75. The van der Waals surface area contributed by atoms with Gasteiger partial charge in [-0.25, -0.2) is 0 Å². The lowest BCUT2D eigenvalue weighted by molar-refractivity contribution is -0.173. The molecule has 7 heteroatoms. The quantitative estimate of drug-likeness (QED) is 0.649. The Hall–Kier alpha value is -2.58. The van der Waals surface area contributed by atoms with Gasteiger partial charge in [-0.15, -0.1) is 0 Å². The molecule has 2 unspecified atom stereocenters. The minimum atomic E-state index is -1.44. The minimum Gasteiger partial charge on any atom is -0.442 e. The lowest BCUT2D eigenvalue weighted by atomic mass is 9.92. The summed E-state index contributed by atoms with van der Waals surface area (Å²) in [4.78, 5) is 29.7. The van der Waals surface area contributed by atoms with Gasteiger partial charge >= 0.3 is 5.97 Å². The number of nitrogens with one attached hydrogen (secondary N) is 1. The zero-order chi connectivity index (χ0) is 20.7. The molecule has 29 heavy (non-hydrogen) atoms. The number of hydrogen-bond acceptors (Lipinski definition) is 7. The summed E-state index contributed by atoms with van der Waals surface area (Å²) in [6, 6.07) is 19.1. The Morgan fingerprint density at radius 1 is 0.966 bits per heavy atom. The van der Waals surface area contributed by atoms with Crippen LogP contribution in [0.2, 0.25) is 0 Å². The highest BCUT2D eigenvalue weighted by molar-refractivity contribution is 5.86. The van der Waals surface area contributed by atoms with Crippen molar-refractivity contribution in [1.29, 1.82) is 0 Å². The first-order valence-electron chi connectivity index (χ1n) is 9.40. The van der Waals surface area contributed by atoms with E-state index in [0.29, 0.717) is 6.61 Å². The number of esters is 1. The monoisotopic (exact) mass is 399 g/mol. The lowest BCUT2D eigenvalue weighted by Gasteiger charge is -2.31. The molecule has 3 rings (SSSR count). The molecule has 0 aromatic heterocycles. The molecular weight excluding hydrogens is 374 g/mol. The number of Topliss-reactive ketones (excluding diaryl/α,β-unsaturated/α-hetero) is 1. The van der Waals surface area contributed by atoms with Gasteiger partial charge in [0.05, 0.1) is 19.8 Å². The van der Waals surface area contributed by atoms with Gasteiger partial charge in [0.15, 0.2) is 11.9 Å². The molecule has 0 bridgehead atoms. The number of ketones is 1. The number of hydroxylamine groups is 1. The van der Waals surface area contributed by atoms with Crippen LogP contribution < -0.4 is 5.48 Å². The van der Waals surface area contributed by atoms with E-state index in [-0.39, 0.29) is 19.0 Å². The number of carbonyl (C=O) groups is 2. The molecule has 1 aliphatic rings. The highest BCUT2D eigenvalue weighted by Crippen LogP contribution is 2.31. The van der Waals surface area contributed by atoms with E-state index in [2.05, 4.69) is 5.48 Å². The normalized spacial score (nSPS) is 23.7. The van der Waals surface area contributed by atoms with E-state index in [1.165, 1.54) is 13.8 Å². The molecule has 7 nitrogen and oxygen atoms in total. The third kappa shape index (κ3) is 5.27. The van der Waals surface area contributed by atoms with Crippen LogP contribution in [-0.2, 0) is 41.9 Å². The van der Waals surface area contributed by atoms with Gasteiger partial charge in [-0.05, 0) is 18.1 Å². The first kappa shape index (κ1) is 21.1. The molecule has 0 aliphatic carbocycles. The molecular formula is C22H25NO6. The maximum atomic E-state index is 12.6. The fourth-order valence-corrected chi connectivity index (χ4v) is 3.15. The number of carbonyl (C=O) groups excluding carboxylic acids is 2. The Labute approximate surface area is 169 Å². The topological polar surface area (TPSA) is 83.1 Å². The molecule has 154 valence electrons. The van der Waals surface area contributed by atoms with Gasteiger partial charge in [0.1, 0.15) is 0 Å². The Morgan fingerprint density at radius 3 is 2.10 bits per heavy atom. The van der Waals surface area contributed by atoms with Crippen molar-refractivity contribution in [3.8, 4) is 0 Å². The Morgan fingerprint density at radius 2 is 1.55 bits per heavy atom. The predicted molar refractivity (Wildman–Crippen MR) is 104 cm³/mol. The fraction of sp³-hybridized carbons (Fsp3) is 0.364. The average molecular weight is 399 g/mol. The third-order valence-electron chi connectivity index (χ3n) is 4.68. The molecule has 0 radical (unpaired) electrons. The Bertz CT molecular complexity index is 813. The molecule has 0 saturated carbocycles. The smallest absolute Gasteiger partial charge is 0.304 e. The summed E-state index contributed by atoms with van der Waals surface area (Å²) in [5.41, 5.74) is 3.07. The van der Waals surface area contributed by atoms with Crippen molar-refractivity contribution in [2.24, 2.45) is 0 Å². The second-order valence-corrected chi connectivity index (χ2v) is 6.89. The van der Waals surface area contributed by atoms with E-state index in [4.69, 9.17) is 19.0 Å². The van der Waals surface area contributed by atoms with E-state index in [9.17, 15) is 9.59 Å². The third-order valence-corrected chi connectivity index (χ3v) is 4.68. The highest BCUT2D eigenvalue weighted by Gasteiger charge is 2.57. The number of hydrogen-bond donors (Lipinski definition) is 1. The van der Waals surface area contributed by atoms with Crippen LogP contribution in [0.4, 0.5) is 0 Å². The standard InChI is InChI=1S/C22H25NO6/c1-16(24)22(15-26-13-18-9-5-3-6-10-18)20(21(23-29-22)28-17(2)25)27-14-19-11-7-4-8-12-19/h3-12,20-21,23H,13-15H2,1-2H3/t20?,21?,22-/m0/s1. The minimum absolute atomic E-state index is 0.0541. The van der Waals surface area contributed by atoms with E-state index >= 15 is 0 Å². The van der Waals surface area contributed by atoms with Crippen molar-refractivity contribution in [2.45, 2.75) is 45.0 Å². The van der Waals surface area contributed by atoms with Crippen LogP contribution in [0.25, 0.3) is 0 Å². The van der Waals surface area contributed by atoms with Gasteiger partial charge in [-0.2, -0.15) is 5.48 Å². The molecule has 2 aromatic rings. The van der Waals surface area contributed by atoms with Crippen molar-refractivity contribution in [2.75, 3.05) is 6.61 Å². The van der Waals surface area contributed by atoms with Crippen LogP contribution in [0.15, 0.2) is 60.7 Å². The highest BCUT2D eigenvalue weighted by atomic mass is 16.7. The predicted octanol–water partition coefficient (Wildman–Crippen LogP) is 2.54. The largest absolute Gasteiger partial charge is 0.442 e. The molecule has 3 atom stereocenters. The first-order chi connectivity index (χ1) is 14.0. The van der Waals surface area contributed by atoms with Gasteiger partial charge in [0.25, 0.3) is 0 Å². The van der Waals surface area contributed by atoms with Crippen molar-refractivity contribution >= 4 is 11.8 Å². The summed E-state index contributed by atoms with van der Waals surface area (Å²) < 4.78 is 17.1. The maximum Gasteiger partial charge on any atom is 0.304 e. The fourth-order valence-electron chi connectivity index (χ4n) is 3.15. The molecule has 1 saturated heterocycles. The van der Waals surface area contributed by atoms with Gasteiger partial charge in [0, 0.05) is 6.92 Å². The Kier molecular flexibility index (Phi) is 7.11. The van der Waals surface area contributed by atoms with Crippen molar-refractivity contribution < 1.29 is 28.6 Å². The van der Waals surface area contributed by atoms with Gasteiger partial charge in [-0.1, -0.05) is 60.7 Å². The van der Waals surface area contributed by atoms with Crippen LogP contribution >= 0.6 is 0 Å². The summed E-state index contributed by atoms with van der Waals surface area (Å²) >= 11 is 0. The molecule has 1 fully saturated rings. The van der Waals surface area contributed by atoms with E-state index in [1.54, 1.807) is 0 Å². The summed E-state index contributed by atoms with van der Waals surface area (Å²) in [6.07, 6.45) is -1.81. The van der Waals surface area contributed by atoms with Crippen molar-refractivity contribution in [1.82, 2.24) is 5.48 Å². The van der Waals surface area contributed by atoms with E-state index in [0.717, 1.165) is 11.1 Å². The van der Waals surface area contributed by atoms with E-state index in [1.807, 2.05) is 60.7 Å². The second-order valence-electron chi connectivity index (χ2n) is 6.89. The van der Waals surface area contributed by atoms with Crippen LogP contribution in [0, 0.1) is 0 Å². The zero-order valence-corrected chi connectivity index (χ0v) is 16.5. The van der Waals surface area contributed by atoms with Crippen molar-refractivity contribution in [3.63, 3.8) is 0 Å². The van der Waals surface area contributed by atoms with Crippen LogP contribution in [0.3, 0.4) is 0 Å². The molecule has 1 N–H and O–H groups in total.